The van der Waals surface area contributed by atoms with E-state index in [4.69, 9.17) is 0 Å². The average molecular weight is 227 g/mol. The molecule has 0 atom stereocenters. The van der Waals surface area contributed by atoms with Gasteiger partial charge in [0, 0.05) is 16.7 Å². The Morgan fingerprint density at radius 1 is 1.29 bits per heavy atom. The highest BCUT2D eigenvalue weighted by Crippen LogP contribution is 2.13. The Bertz CT molecular complexity index is 712. The van der Waals surface area contributed by atoms with Gasteiger partial charge in [-0.1, -0.05) is 17.5 Å². The molecule has 0 unspecified atom stereocenters. The first kappa shape index (κ1) is 10.2. The zero-order valence-electron chi connectivity index (χ0n) is 10.3. The Hall–Kier alpha value is -1.97. The SMILES string of the molecule is CCc1c(C)nc2n(nc3cccc[n+]32)c1C. The van der Waals surface area contributed by atoms with Crippen LogP contribution in [0.4, 0.5) is 0 Å². The van der Waals surface area contributed by atoms with Crippen molar-refractivity contribution in [1.29, 1.82) is 0 Å². The second-order valence-corrected chi connectivity index (χ2v) is 4.26. The molecule has 0 N–H and O–H groups in total. The van der Waals surface area contributed by atoms with E-state index in [1.54, 1.807) is 0 Å². The molecule has 3 aromatic heterocycles. The van der Waals surface area contributed by atoms with E-state index in [0.29, 0.717) is 0 Å². The molecule has 0 saturated carbocycles. The molecule has 4 heteroatoms. The summed E-state index contributed by atoms with van der Waals surface area (Å²) in [5, 5.41) is 4.58. The zero-order chi connectivity index (χ0) is 12.0. The predicted octanol–water partition coefficient (Wildman–Crippen LogP) is 1.65. The van der Waals surface area contributed by atoms with Gasteiger partial charge in [0.2, 0.25) is 0 Å². The van der Waals surface area contributed by atoms with Gasteiger partial charge in [0.1, 0.15) is 11.4 Å². The normalized spacial score (nSPS) is 11.5. The molecule has 0 aliphatic carbocycles. The topological polar surface area (TPSA) is 34.3 Å². The number of nitrogens with zero attached hydrogens (tertiary/aromatic N) is 4. The first-order valence-corrected chi connectivity index (χ1v) is 5.87. The molecule has 0 aliphatic heterocycles. The number of aryl methyl sites for hydroxylation is 2. The third kappa shape index (κ3) is 1.33. The van der Waals surface area contributed by atoms with E-state index in [1.165, 1.54) is 11.3 Å². The minimum atomic E-state index is 0.882. The van der Waals surface area contributed by atoms with Crippen LogP contribution in [0.15, 0.2) is 24.4 Å². The minimum absolute atomic E-state index is 0.882. The lowest BCUT2D eigenvalue weighted by Crippen LogP contribution is -2.21. The van der Waals surface area contributed by atoms with Crippen LogP contribution in [0.1, 0.15) is 23.9 Å². The highest BCUT2D eigenvalue weighted by molar-refractivity contribution is 5.38. The third-order valence-corrected chi connectivity index (χ3v) is 3.26. The van der Waals surface area contributed by atoms with E-state index in [9.17, 15) is 0 Å². The second-order valence-electron chi connectivity index (χ2n) is 4.26. The van der Waals surface area contributed by atoms with Gasteiger partial charge < -0.3 is 0 Å². The van der Waals surface area contributed by atoms with Gasteiger partial charge in [-0.25, -0.2) is 0 Å². The van der Waals surface area contributed by atoms with Crippen LogP contribution < -0.4 is 4.40 Å². The fourth-order valence-corrected chi connectivity index (χ4v) is 2.38. The summed E-state index contributed by atoms with van der Waals surface area (Å²) in [6.07, 6.45) is 2.98. The average Bonchev–Trinajstić information content (AvgIpc) is 2.69. The Labute approximate surface area is 99.5 Å². The Balaban J connectivity index is 2.53. The van der Waals surface area contributed by atoms with Crippen molar-refractivity contribution in [2.75, 3.05) is 0 Å². The summed E-state index contributed by atoms with van der Waals surface area (Å²) < 4.78 is 3.95. The molecule has 3 heterocycles. The summed E-state index contributed by atoms with van der Waals surface area (Å²) in [6.45, 7) is 6.32. The van der Waals surface area contributed by atoms with E-state index in [-0.39, 0.29) is 0 Å². The smallest absolute Gasteiger partial charge is 0.191 e. The van der Waals surface area contributed by atoms with Crippen LogP contribution in [0.25, 0.3) is 11.4 Å². The van der Waals surface area contributed by atoms with Crippen LogP contribution in [0.2, 0.25) is 0 Å². The quantitative estimate of drug-likeness (QED) is 0.592. The maximum atomic E-state index is 4.66. The van der Waals surface area contributed by atoms with Crippen LogP contribution in [0.3, 0.4) is 0 Å². The van der Waals surface area contributed by atoms with Gasteiger partial charge in [0.05, 0.1) is 6.20 Å². The highest BCUT2D eigenvalue weighted by atomic mass is 15.4. The number of hydrogen-bond donors (Lipinski definition) is 0. The van der Waals surface area contributed by atoms with Crippen molar-refractivity contribution in [3.8, 4) is 0 Å². The van der Waals surface area contributed by atoms with Crippen LogP contribution in [-0.2, 0) is 6.42 Å². The van der Waals surface area contributed by atoms with Gasteiger partial charge in [-0.15, -0.1) is 4.98 Å². The summed E-state index contributed by atoms with van der Waals surface area (Å²) in [7, 11) is 0. The fraction of sp³-hybridized carbons (Fsp3) is 0.308. The first-order chi connectivity index (χ1) is 8.22. The van der Waals surface area contributed by atoms with Gasteiger partial charge in [0.25, 0.3) is 5.65 Å². The molecule has 0 radical (unpaired) electrons. The van der Waals surface area contributed by atoms with Gasteiger partial charge in [-0.05, 0) is 26.3 Å². The Kier molecular flexibility index (Phi) is 2.11. The molecule has 17 heavy (non-hydrogen) atoms. The van der Waals surface area contributed by atoms with E-state index in [1.807, 2.05) is 33.3 Å². The molecule has 0 aromatic carbocycles. The predicted molar refractivity (Wildman–Crippen MR) is 65.0 cm³/mol. The van der Waals surface area contributed by atoms with Crippen molar-refractivity contribution in [1.82, 2.24) is 14.6 Å². The number of fused-ring (bicyclic) bond motifs is 3. The summed E-state index contributed by atoms with van der Waals surface area (Å²) in [4.78, 5) is 4.66. The van der Waals surface area contributed by atoms with Gasteiger partial charge in [-0.3, -0.25) is 0 Å². The zero-order valence-corrected chi connectivity index (χ0v) is 10.3. The summed E-state index contributed by atoms with van der Waals surface area (Å²) >= 11 is 0. The van der Waals surface area contributed by atoms with Crippen molar-refractivity contribution in [3.05, 3.63) is 41.3 Å². The van der Waals surface area contributed by atoms with Crippen molar-refractivity contribution >= 4 is 11.4 Å². The fourth-order valence-electron chi connectivity index (χ4n) is 2.38. The number of hydrogen-bond acceptors (Lipinski definition) is 2. The number of pyridine rings is 1. The van der Waals surface area contributed by atoms with Gasteiger partial charge in [0.15, 0.2) is 0 Å². The lowest BCUT2D eigenvalue weighted by Gasteiger charge is -2.01. The van der Waals surface area contributed by atoms with Crippen LogP contribution >= 0.6 is 0 Å². The first-order valence-electron chi connectivity index (χ1n) is 5.87. The van der Waals surface area contributed by atoms with Crippen LogP contribution in [0, 0.1) is 13.8 Å². The molecular formula is C13H15N4+. The highest BCUT2D eigenvalue weighted by Gasteiger charge is 2.19. The molecule has 0 aliphatic rings. The monoisotopic (exact) mass is 227 g/mol. The van der Waals surface area contributed by atoms with E-state index in [0.717, 1.165) is 23.5 Å². The van der Waals surface area contributed by atoms with Crippen LogP contribution in [0.5, 0.6) is 0 Å². The molecular weight excluding hydrogens is 212 g/mol. The van der Waals surface area contributed by atoms with E-state index >= 15 is 0 Å². The molecule has 0 fully saturated rings. The number of rotatable bonds is 1. The molecule has 3 rings (SSSR count). The molecule has 86 valence electrons. The van der Waals surface area contributed by atoms with Crippen molar-refractivity contribution in [2.45, 2.75) is 27.2 Å². The maximum Gasteiger partial charge on any atom is 0.392 e. The molecule has 0 bridgehead atoms. The lowest BCUT2D eigenvalue weighted by atomic mass is 10.1. The van der Waals surface area contributed by atoms with Crippen molar-refractivity contribution in [2.24, 2.45) is 0 Å². The molecule has 0 spiro atoms. The third-order valence-electron chi connectivity index (χ3n) is 3.26. The molecule has 0 amide bonds. The van der Waals surface area contributed by atoms with Gasteiger partial charge in [-0.2, -0.15) is 4.40 Å². The summed E-state index contributed by atoms with van der Waals surface area (Å²) in [6, 6.07) is 5.98. The van der Waals surface area contributed by atoms with E-state index < -0.39 is 0 Å². The summed E-state index contributed by atoms with van der Waals surface area (Å²) in [5.74, 6) is 0.882. The lowest BCUT2D eigenvalue weighted by molar-refractivity contribution is -0.485. The standard InChI is InChI=1S/C13H15N4/c1-4-11-9(2)14-13-16-8-6-5-7-12(16)15-17(13)10(11)3/h5-8H,4H2,1-3H3/q+1. The minimum Gasteiger partial charge on any atom is -0.191 e. The second kappa shape index (κ2) is 3.52. The van der Waals surface area contributed by atoms with Gasteiger partial charge >= 0.3 is 5.78 Å². The largest absolute Gasteiger partial charge is 0.392 e. The van der Waals surface area contributed by atoms with E-state index in [2.05, 4.69) is 30.9 Å². The Morgan fingerprint density at radius 3 is 2.88 bits per heavy atom. The van der Waals surface area contributed by atoms with Crippen molar-refractivity contribution in [3.63, 3.8) is 0 Å². The molecule has 0 saturated heterocycles. The van der Waals surface area contributed by atoms with Crippen molar-refractivity contribution < 1.29 is 4.40 Å². The molecule has 3 aromatic rings. The Morgan fingerprint density at radius 2 is 2.12 bits per heavy atom. The van der Waals surface area contributed by atoms with Crippen LogP contribution in [-0.4, -0.2) is 14.6 Å². The molecule has 4 nitrogen and oxygen atoms in total. The summed E-state index contributed by atoms with van der Waals surface area (Å²) in [5.41, 5.74) is 4.48. The maximum absolute atomic E-state index is 4.66. The number of aromatic nitrogens is 4.